The summed E-state index contributed by atoms with van der Waals surface area (Å²) in [4.78, 5) is 30.2. The van der Waals surface area contributed by atoms with Crippen molar-refractivity contribution in [1.29, 1.82) is 0 Å². The number of nitrogens with zero attached hydrogens (tertiary/aromatic N) is 1. The normalized spacial score (nSPS) is 24.9. The van der Waals surface area contributed by atoms with Crippen LogP contribution in [0.2, 0.25) is 0 Å². The van der Waals surface area contributed by atoms with E-state index in [0.717, 1.165) is 35.1 Å². The zero-order valence-electron chi connectivity index (χ0n) is 30.5. The van der Waals surface area contributed by atoms with Gasteiger partial charge in [-0.15, -0.1) is 0 Å². The zero-order valence-corrected chi connectivity index (χ0v) is 30.5. The summed E-state index contributed by atoms with van der Waals surface area (Å²) < 4.78 is 24.1. The first-order valence-electron chi connectivity index (χ1n) is 18.4. The molecule has 0 bridgehead atoms. The average molecular weight is 728 g/mol. The van der Waals surface area contributed by atoms with Gasteiger partial charge in [0.1, 0.15) is 47.9 Å². The first kappa shape index (κ1) is 34.3. The van der Waals surface area contributed by atoms with E-state index in [0.29, 0.717) is 22.1 Å². The molecule has 0 amide bonds. The molecule has 0 fully saturated rings. The number of aliphatic hydroxyl groups is 2. The third kappa shape index (κ3) is 4.82. The van der Waals surface area contributed by atoms with E-state index in [1.54, 1.807) is 13.2 Å². The van der Waals surface area contributed by atoms with Gasteiger partial charge >= 0.3 is 0 Å². The number of carbonyl (C=O) groups excluding carboxylic acids is 2. The van der Waals surface area contributed by atoms with Crippen LogP contribution in [0.5, 0.6) is 23.1 Å². The maximum atomic E-state index is 15.2. The van der Waals surface area contributed by atoms with Crippen LogP contribution in [-0.4, -0.2) is 44.8 Å². The minimum atomic E-state index is -2.40. The SMILES string of the molecule is COc1cc(OCc2ccccc2)c2c(O)c3c(c4c2c1[C@H]1C4C(C)=CCCC1(C)C)C(=O)[C@@]1(O)Cc2onc(OCc4ccccc4)c2[C@@H](O)C1C3=O. The number of phenolic OH excluding ortho intramolecular Hbond substituents is 1. The largest absolute Gasteiger partial charge is 0.506 e. The minimum Gasteiger partial charge on any atom is -0.506 e. The Balaban J connectivity index is 1.26. The number of Topliss-reactive ketones (excluding diaryl/α,β-unsaturated/α-hetero) is 2. The third-order valence-corrected chi connectivity index (χ3v) is 12.2. The first-order valence-corrected chi connectivity index (χ1v) is 18.4. The van der Waals surface area contributed by atoms with Gasteiger partial charge in [0.2, 0.25) is 0 Å². The number of benzene rings is 4. The van der Waals surface area contributed by atoms with Crippen molar-refractivity contribution in [3.05, 3.63) is 123 Å². The van der Waals surface area contributed by atoms with E-state index in [1.165, 1.54) is 0 Å². The average Bonchev–Trinajstić information content (AvgIpc) is 3.71. The maximum absolute atomic E-state index is 15.2. The van der Waals surface area contributed by atoms with E-state index in [9.17, 15) is 15.3 Å². The standard InChI is InChI=1S/C44H41NO9/c1-22-12-11-17-43(2,3)36-28(22)32-33-29(36)25(51-4)18-26(52-20-23-13-7-5-8-14-23)30(33)38(46)35-34(32)41(49)44(50)19-27-31(39(47)37(44)40(35)48)42(45-54-27)53-21-24-15-9-6-10-16-24/h5-10,12-16,18,28,36-37,39,46-47,50H,11,17,19-21H2,1-4H3/t28?,36-,37?,39-,44-/m1/s1. The first-order chi connectivity index (χ1) is 26.0. The summed E-state index contributed by atoms with van der Waals surface area (Å²) in [5.74, 6) is -3.36. The second-order valence-electron chi connectivity index (χ2n) is 15.8. The molecule has 1 aromatic heterocycles. The van der Waals surface area contributed by atoms with Crippen molar-refractivity contribution >= 4 is 22.3 Å². The molecule has 3 N–H and O–H groups in total. The van der Waals surface area contributed by atoms with Gasteiger partial charge in [-0.05, 0) is 47.0 Å². The smallest absolute Gasteiger partial charge is 0.260 e. The van der Waals surface area contributed by atoms with Gasteiger partial charge in [0, 0.05) is 40.8 Å². The minimum absolute atomic E-state index is 0.0339. The Labute approximate surface area is 312 Å². The highest BCUT2D eigenvalue weighted by atomic mass is 16.5. The molecule has 5 atom stereocenters. The van der Waals surface area contributed by atoms with E-state index in [4.69, 9.17) is 18.7 Å². The summed E-state index contributed by atoms with van der Waals surface area (Å²) in [5, 5.41) is 41.8. The Morgan fingerprint density at radius 3 is 2.20 bits per heavy atom. The highest BCUT2D eigenvalue weighted by molar-refractivity contribution is 6.26. The number of allylic oxidation sites excluding steroid dienone is 2. The van der Waals surface area contributed by atoms with Crippen molar-refractivity contribution in [2.45, 2.75) is 76.8 Å². The highest BCUT2D eigenvalue weighted by Gasteiger charge is 2.63. The molecule has 0 spiro atoms. The number of ketones is 2. The molecule has 4 aromatic carbocycles. The fourth-order valence-electron chi connectivity index (χ4n) is 9.70. The van der Waals surface area contributed by atoms with E-state index in [-0.39, 0.29) is 64.5 Å². The van der Waals surface area contributed by atoms with Crippen LogP contribution in [0, 0.1) is 11.3 Å². The van der Waals surface area contributed by atoms with Gasteiger partial charge in [0.15, 0.2) is 11.6 Å². The highest BCUT2D eigenvalue weighted by Crippen LogP contribution is 2.66. The van der Waals surface area contributed by atoms with E-state index in [1.807, 2.05) is 67.6 Å². The van der Waals surface area contributed by atoms with E-state index >= 15 is 9.59 Å². The van der Waals surface area contributed by atoms with Crippen molar-refractivity contribution in [1.82, 2.24) is 5.16 Å². The molecule has 54 heavy (non-hydrogen) atoms. The lowest BCUT2D eigenvalue weighted by molar-refractivity contribution is -0.0537. The van der Waals surface area contributed by atoms with E-state index < -0.39 is 41.4 Å². The maximum Gasteiger partial charge on any atom is 0.260 e. The Morgan fingerprint density at radius 2 is 1.54 bits per heavy atom. The van der Waals surface area contributed by atoms with Gasteiger partial charge < -0.3 is 34.1 Å². The molecule has 5 aromatic rings. The zero-order chi connectivity index (χ0) is 37.7. The van der Waals surface area contributed by atoms with Crippen molar-refractivity contribution in [3.8, 4) is 23.1 Å². The molecule has 10 nitrogen and oxygen atoms in total. The topological polar surface area (TPSA) is 149 Å². The molecule has 0 saturated heterocycles. The number of methoxy groups -OCH3 is 1. The lowest BCUT2D eigenvalue weighted by Crippen LogP contribution is -2.59. The van der Waals surface area contributed by atoms with Gasteiger partial charge in [-0.1, -0.05) is 86.2 Å². The lowest BCUT2D eigenvalue weighted by Gasteiger charge is -2.43. The number of fused-ring (bicyclic) bond motifs is 7. The van der Waals surface area contributed by atoms with Crippen molar-refractivity contribution in [2.75, 3.05) is 7.11 Å². The number of aromatic nitrogens is 1. The molecule has 4 aliphatic rings. The number of aliphatic hydroxyl groups excluding tert-OH is 1. The van der Waals surface area contributed by atoms with Crippen LogP contribution in [0.1, 0.15) is 106 Å². The van der Waals surface area contributed by atoms with Crippen LogP contribution in [-0.2, 0) is 19.6 Å². The van der Waals surface area contributed by atoms with Gasteiger partial charge in [0.05, 0.1) is 29.5 Å². The van der Waals surface area contributed by atoms with Crippen LogP contribution in [0.3, 0.4) is 0 Å². The predicted octanol–water partition coefficient (Wildman–Crippen LogP) is 7.66. The molecule has 0 radical (unpaired) electrons. The van der Waals surface area contributed by atoms with Gasteiger partial charge in [-0.2, -0.15) is 0 Å². The van der Waals surface area contributed by atoms with Crippen molar-refractivity contribution in [2.24, 2.45) is 11.3 Å². The van der Waals surface area contributed by atoms with Crippen molar-refractivity contribution in [3.63, 3.8) is 0 Å². The quantitative estimate of drug-likeness (QED) is 0.143. The molecule has 276 valence electrons. The number of carbonyl (C=O) groups is 2. The summed E-state index contributed by atoms with van der Waals surface area (Å²) in [7, 11) is 1.59. The summed E-state index contributed by atoms with van der Waals surface area (Å²) >= 11 is 0. The molecule has 1 heterocycles. The molecular weight excluding hydrogens is 686 g/mol. The van der Waals surface area contributed by atoms with Gasteiger partial charge in [-0.25, -0.2) is 0 Å². The number of rotatable bonds is 7. The van der Waals surface area contributed by atoms with Gasteiger partial charge in [0.25, 0.3) is 5.88 Å². The number of phenols is 1. The number of hydrogen-bond donors (Lipinski definition) is 3. The summed E-state index contributed by atoms with van der Waals surface area (Å²) in [5.41, 5.74) is 1.24. The Morgan fingerprint density at radius 1 is 0.870 bits per heavy atom. The summed E-state index contributed by atoms with van der Waals surface area (Å²) in [6.45, 7) is 6.69. The Kier molecular flexibility index (Phi) is 7.81. The van der Waals surface area contributed by atoms with Crippen LogP contribution >= 0.6 is 0 Å². The van der Waals surface area contributed by atoms with Gasteiger partial charge in [-0.3, -0.25) is 9.59 Å². The third-order valence-electron chi connectivity index (χ3n) is 12.2. The van der Waals surface area contributed by atoms with Crippen molar-refractivity contribution < 1.29 is 43.6 Å². The number of hydrogen-bond acceptors (Lipinski definition) is 10. The Bertz CT molecular complexity index is 2400. The number of aromatic hydroxyl groups is 1. The lowest BCUT2D eigenvalue weighted by atomic mass is 9.60. The molecule has 4 aliphatic carbocycles. The molecule has 0 aliphatic heterocycles. The second-order valence-corrected chi connectivity index (χ2v) is 15.8. The van der Waals surface area contributed by atoms with Crippen LogP contribution < -0.4 is 14.2 Å². The molecule has 10 heteroatoms. The van der Waals surface area contributed by atoms with Crippen LogP contribution in [0.4, 0.5) is 0 Å². The molecule has 2 unspecified atom stereocenters. The van der Waals surface area contributed by atoms with Crippen LogP contribution in [0.15, 0.2) is 82.9 Å². The number of ether oxygens (including phenoxy) is 3. The fraction of sp³-hybridized carbons (Fsp3) is 0.341. The summed E-state index contributed by atoms with van der Waals surface area (Å²) in [6, 6.07) is 20.7. The molecule has 0 saturated carbocycles. The molecule has 9 rings (SSSR count). The molecular formula is C44H41NO9. The fourth-order valence-corrected chi connectivity index (χ4v) is 9.70. The monoisotopic (exact) mass is 727 g/mol. The second kappa shape index (κ2) is 12.3. The summed E-state index contributed by atoms with van der Waals surface area (Å²) in [6.07, 6.45) is 1.70. The Hall–Kier alpha value is -5.45. The predicted molar refractivity (Wildman–Crippen MR) is 198 cm³/mol. The van der Waals surface area contributed by atoms with E-state index in [2.05, 4.69) is 25.1 Å². The van der Waals surface area contributed by atoms with Crippen LogP contribution in [0.25, 0.3) is 10.8 Å².